The number of aryl methyl sites for hydroxylation is 3. The zero-order chi connectivity index (χ0) is 14.7. The molecule has 3 heteroatoms. The summed E-state index contributed by atoms with van der Waals surface area (Å²) in [4.78, 5) is 0. The molecule has 0 atom stereocenters. The van der Waals surface area contributed by atoms with Crippen LogP contribution in [0.5, 0.6) is 5.75 Å². The third kappa shape index (κ3) is 3.26. The maximum absolute atomic E-state index is 6.20. The second-order valence-corrected chi connectivity index (χ2v) is 5.47. The fourth-order valence-electron chi connectivity index (χ4n) is 2.17. The Hall–Kier alpha value is -1.67. The molecule has 0 aliphatic carbocycles. The van der Waals surface area contributed by atoms with E-state index < -0.39 is 0 Å². The fraction of sp³-hybridized carbons (Fsp3) is 0.294. The van der Waals surface area contributed by atoms with Crippen LogP contribution in [0, 0.1) is 20.8 Å². The molecule has 0 aromatic heterocycles. The van der Waals surface area contributed by atoms with Gasteiger partial charge in [-0.05, 0) is 55.2 Å². The van der Waals surface area contributed by atoms with Gasteiger partial charge in [-0.2, -0.15) is 0 Å². The quantitative estimate of drug-likeness (QED) is 0.865. The van der Waals surface area contributed by atoms with Crippen LogP contribution >= 0.6 is 11.6 Å². The SMILES string of the molecule is COc1ccc(Cl)c(NCc2cc(C)c(C)cc2C)c1. The molecular weight excluding hydrogens is 270 g/mol. The number of hydrogen-bond acceptors (Lipinski definition) is 2. The van der Waals surface area contributed by atoms with Crippen molar-refractivity contribution in [3.05, 3.63) is 57.6 Å². The Morgan fingerprint density at radius 2 is 1.70 bits per heavy atom. The van der Waals surface area contributed by atoms with Gasteiger partial charge in [-0.3, -0.25) is 0 Å². The van der Waals surface area contributed by atoms with E-state index in [-0.39, 0.29) is 0 Å². The van der Waals surface area contributed by atoms with Gasteiger partial charge in [-0.25, -0.2) is 0 Å². The molecule has 0 saturated heterocycles. The zero-order valence-corrected chi connectivity index (χ0v) is 13.1. The van der Waals surface area contributed by atoms with Crippen LogP contribution < -0.4 is 10.1 Å². The molecule has 0 aliphatic rings. The number of ether oxygens (including phenoxy) is 1. The van der Waals surface area contributed by atoms with E-state index in [0.29, 0.717) is 5.02 Å². The standard InChI is InChI=1S/C17H20ClNO/c1-11-7-13(3)14(8-12(11)2)10-19-17-9-15(20-4)5-6-16(17)18/h5-9,19H,10H2,1-4H3. The minimum Gasteiger partial charge on any atom is -0.497 e. The van der Waals surface area contributed by atoms with Crippen molar-refractivity contribution in [1.82, 2.24) is 0 Å². The van der Waals surface area contributed by atoms with E-state index >= 15 is 0 Å². The third-order valence-electron chi connectivity index (χ3n) is 3.60. The summed E-state index contributed by atoms with van der Waals surface area (Å²) in [5.74, 6) is 0.800. The first kappa shape index (κ1) is 14.7. The first-order valence-corrected chi connectivity index (χ1v) is 7.03. The molecule has 0 heterocycles. The van der Waals surface area contributed by atoms with E-state index in [1.807, 2.05) is 18.2 Å². The predicted octanol–water partition coefficient (Wildman–Crippen LogP) is 4.89. The Morgan fingerprint density at radius 3 is 2.40 bits per heavy atom. The van der Waals surface area contributed by atoms with E-state index in [9.17, 15) is 0 Å². The van der Waals surface area contributed by atoms with Gasteiger partial charge in [-0.15, -0.1) is 0 Å². The van der Waals surface area contributed by atoms with Gasteiger partial charge < -0.3 is 10.1 Å². The molecule has 0 amide bonds. The summed E-state index contributed by atoms with van der Waals surface area (Å²) in [6.45, 7) is 7.16. The summed E-state index contributed by atoms with van der Waals surface area (Å²) < 4.78 is 5.22. The molecule has 2 aromatic rings. The maximum atomic E-state index is 6.20. The van der Waals surface area contributed by atoms with Crippen LogP contribution in [0.25, 0.3) is 0 Å². The maximum Gasteiger partial charge on any atom is 0.121 e. The molecule has 2 aromatic carbocycles. The average Bonchev–Trinajstić information content (AvgIpc) is 2.43. The fourth-order valence-corrected chi connectivity index (χ4v) is 2.35. The van der Waals surface area contributed by atoms with Crippen molar-refractivity contribution in [3.8, 4) is 5.75 Å². The van der Waals surface area contributed by atoms with Crippen molar-refractivity contribution < 1.29 is 4.74 Å². The number of methoxy groups -OCH3 is 1. The molecule has 0 fully saturated rings. The monoisotopic (exact) mass is 289 g/mol. The van der Waals surface area contributed by atoms with E-state index in [1.165, 1.54) is 22.3 Å². The highest BCUT2D eigenvalue weighted by Crippen LogP contribution is 2.27. The lowest BCUT2D eigenvalue weighted by molar-refractivity contribution is 0.415. The normalized spacial score (nSPS) is 10.4. The molecule has 106 valence electrons. The lowest BCUT2D eigenvalue weighted by atomic mass is 10.0. The number of benzene rings is 2. The van der Waals surface area contributed by atoms with Crippen molar-refractivity contribution in [1.29, 1.82) is 0 Å². The van der Waals surface area contributed by atoms with E-state index in [4.69, 9.17) is 16.3 Å². The number of halogens is 1. The van der Waals surface area contributed by atoms with Crippen molar-refractivity contribution >= 4 is 17.3 Å². The summed E-state index contributed by atoms with van der Waals surface area (Å²) >= 11 is 6.20. The molecule has 0 aliphatic heterocycles. The molecule has 0 spiro atoms. The number of nitrogens with one attached hydrogen (secondary N) is 1. The Kier molecular flexibility index (Phi) is 4.56. The molecule has 0 unspecified atom stereocenters. The Labute approximate surface area is 125 Å². The van der Waals surface area contributed by atoms with Crippen LogP contribution in [0.4, 0.5) is 5.69 Å². The van der Waals surface area contributed by atoms with Crippen molar-refractivity contribution in [3.63, 3.8) is 0 Å². The van der Waals surface area contributed by atoms with E-state index in [0.717, 1.165) is 18.0 Å². The van der Waals surface area contributed by atoms with Crippen LogP contribution in [0.1, 0.15) is 22.3 Å². The van der Waals surface area contributed by atoms with Gasteiger partial charge in [0.1, 0.15) is 5.75 Å². The molecule has 20 heavy (non-hydrogen) atoms. The minimum atomic E-state index is 0.701. The topological polar surface area (TPSA) is 21.3 Å². The summed E-state index contributed by atoms with van der Waals surface area (Å²) in [7, 11) is 1.65. The van der Waals surface area contributed by atoms with Gasteiger partial charge in [0.25, 0.3) is 0 Å². The van der Waals surface area contributed by atoms with Crippen LogP contribution in [-0.2, 0) is 6.54 Å². The number of rotatable bonds is 4. The van der Waals surface area contributed by atoms with Crippen molar-refractivity contribution in [2.75, 3.05) is 12.4 Å². The lowest BCUT2D eigenvalue weighted by Crippen LogP contribution is -2.03. The largest absolute Gasteiger partial charge is 0.497 e. The molecule has 2 rings (SSSR count). The third-order valence-corrected chi connectivity index (χ3v) is 3.92. The second kappa shape index (κ2) is 6.19. The van der Waals surface area contributed by atoms with Crippen LogP contribution in [0.2, 0.25) is 5.02 Å². The first-order chi connectivity index (χ1) is 9.51. The Morgan fingerprint density at radius 1 is 1.00 bits per heavy atom. The summed E-state index contributed by atoms with van der Waals surface area (Å²) in [5, 5.41) is 4.08. The zero-order valence-electron chi connectivity index (χ0n) is 12.4. The summed E-state index contributed by atoms with van der Waals surface area (Å²) in [6.07, 6.45) is 0. The average molecular weight is 290 g/mol. The lowest BCUT2D eigenvalue weighted by Gasteiger charge is -2.13. The molecule has 1 N–H and O–H groups in total. The number of hydrogen-bond donors (Lipinski definition) is 1. The van der Waals surface area contributed by atoms with Crippen LogP contribution in [0.15, 0.2) is 30.3 Å². The Balaban J connectivity index is 2.18. The summed E-state index contributed by atoms with van der Waals surface area (Å²) in [6, 6.07) is 10.1. The molecule has 0 bridgehead atoms. The van der Waals surface area contributed by atoms with Gasteiger partial charge in [0.2, 0.25) is 0 Å². The Bertz CT molecular complexity index is 623. The smallest absolute Gasteiger partial charge is 0.121 e. The van der Waals surface area contributed by atoms with Gasteiger partial charge in [0, 0.05) is 12.6 Å². The highest BCUT2D eigenvalue weighted by atomic mass is 35.5. The van der Waals surface area contributed by atoms with E-state index in [2.05, 4.69) is 38.2 Å². The molecular formula is C17H20ClNO. The first-order valence-electron chi connectivity index (χ1n) is 6.65. The molecule has 0 radical (unpaired) electrons. The second-order valence-electron chi connectivity index (χ2n) is 5.06. The number of anilines is 1. The molecule has 0 saturated carbocycles. The highest BCUT2D eigenvalue weighted by Gasteiger charge is 2.05. The highest BCUT2D eigenvalue weighted by molar-refractivity contribution is 6.33. The van der Waals surface area contributed by atoms with Gasteiger partial charge >= 0.3 is 0 Å². The van der Waals surface area contributed by atoms with Gasteiger partial charge in [0.05, 0.1) is 17.8 Å². The van der Waals surface area contributed by atoms with E-state index in [1.54, 1.807) is 7.11 Å². The van der Waals surface area contributed by atoms with Crippen molar-refractivity contribution in [2.24, 2.45) is 0 Å². The minimum absolute atomic E-state index is 0.701. The van der Waals surface area contributed by atoms with Crippen molar-refractivity contribution in [2.45, 2.75) is 27.3 Å². The summed E-state index contributed by atoms with van der Waals surface area (Å²) in [5.41, 5.74) is 6.10. The van der Waals surface area contributed by atoms with Gasteiger partial charge in [0.15, 0.2) is 0 Å². The van der Waals surface area contributed by atoms with Gasteiger partial charge in [-0.1, -0.05) is 23.7 Å². The predicted molar refractivity (Wildman–Crippen MR) is 86.0 cm³/mol. The van der Waals surface area contributed by atoms with Crippen LogP contribution in [-0.4, -0.2) is 7.11 Å². The molecule has 2 nitrogen and oxygen atoms in total. The van der Waals surface area contributed by atoms with Crippen LogP contribution in [0.3, 0.4) is 0 Å².